The molecule has 3 aromatic rings. The Morgan fingerprint density at radius 1 is 1.16 bits per heavy atom. The maximum absolute atomic E-state index is 13.2. The van der Waals surface area contributed by atoms with Gasteiger partial charge in [0.25, 0.3) is 5.91 Å². The Morgan fingerprint density at radius 2 is 1.95 bits per heavy atom. The van der Waals surface area contributed by atoms with Crippen molar-refractivity contribution < 1.29 is 9.18 Å². The molecule has 0 saturated carbocycles. The number of aryl methyl sites for hydroxylation is 1. The molecular formula is C15H11FN2O. The number of nitrogens with zero attached hydrogens (tertiary/aromatic N) is 2. The van der Waals surface area contributed by atoms with Gasteiger partial charge in [0.05, 0.1) is 11.0 Å². The van der Waals surface area contributed by atoms with E-state index in [1.807, 2.05) is 24.3 Å². The average molecular weight is 254 g/mol. The third-order valence-electron chi connectivity index (χ3n) is 3.00. The number of carbonyl (C=O) groups is 1. The van der Waals surface area contributed by atoms with Gasteiger partial charge in [0.1, 0.15) is 11.6 Å². The lowest BCUT2D eigenvalue weighted by Gasteiger charge is -2.05. The van der Waals surface area contributed by atoms with E-state index in [1.165, 1.54) is 22.8 Å². The number of benzene rings is 2. The molecule has 0 bridgehead atoms. The number of fused-ring (bicyclic) bond motifs is 1. The zero-order valence-electron chi connectivity index (χ0n) is 10.3. The van der Waals surface area contributed by atoms with Crippen molar-refractivity contribution in [3.63, 3.8) is 0 Å². The Kier molecular flexibility index (Phi) is 2.63. The molecule has 1 aromatic heterocycles. The average Bonchev–Trinajstić information content (AvgIpc) is 2.74. The highest BCUT2D eigenvalue weighted by Crippen LogP contribution is 2.17. The molecule has 0 spiro atoms. The molecule has 3 nitrogen and oxygen atoms in total. The van der Waals surface area contributed by atoms with E-state index >= 15 is 0 Å². The van der Waals surface area contributed by atoms with Crippen molar-refractivity contribution in [2.75, 3.05) is 0 Å². The lowest BCUT2D eigenvalue weighted by molar-refractivity contribution is 0.0962. The molecule has 3 rings (SSSR count). The molecule has 0 unspecified atom stereocenters. The number of aromatic nitrogens is 2. The quantitative estimate of drug-likeness (QED) is 0.668. The molecule has 0 aliphatic heterocycles. The van der Waals surface area contributed by atoms with Crippen LogP contribution in [-0.4, -0.2) is 15.5 Å². The number of hydrogen-bond acceptors (Lipinski definition) is 2. The third-order valence-corrected chi connectivity index (χ3v) is 3.00. The van der Waals surface area contributed by atoms with Crippen molar-refractivity contribution in [2.24, 2.45) is 0 Å². The van der Waals surface area contributed by atoms with Crippen LogP contribution in [-0.2, 0) is 0 Å². The van der Waals surface area contributed by atoms with Crippen molar-refractivity contribution in [3.8, 4) is 0 Å². The second-order valence-corrected chi connectivity index (χ2v) is 4.30. The molecule has 0 atom stereocenters. The van der Waals surface area contributed by atoms with Gasteiger partial charge in [-0.05, 0) is 37.3 Å². The summed E-state index contributed by atoms with van der Waals surface area (Å²) in [4.78, 5) is 16.8. The van der Waals surface area contributed by atoms with Crippen LogP contribution < -0.4 is 0 Å². The summed E-state index contributed by atoms with van der Waals surface area (Å²) in [6.07, 6.45) is 0. The van der Waals surface area contributed by atoms with Gasteiger partial charge in [-0.2, -0.15) is 0 Å². The fourth-order valence-electron chi connectivity index (χ4n) is 2.15. The van der Waals surface area contributed by atoms with Crippen molar-refractivity contribution in [1.82, 2.24) is 9.55 Å². The molecule has 19 heavy (non-hydrogen) atoms. The van der Waals surface area contributed by atoms with Crippen LogP contribution in [0.2, 0.25) is 0 Å². The molecule has 0 saturated heterocycles. The van der Waals surface area contributed by atoms with Crippen LogP contribution in [0.15, 0.2) is 48.5 Å². The molecule has 2 aromatic carbocycles. The van der Waals surface area contributed by atoms with Gasteiger partial charge < -0.3 is 0 Å². The second kappa shape index (κ2) is 4.31. The summed E-state index contributed by atoms with van der Waals surface area (Å²) in [6, 6.07) is 13.1. The fourth-order valence-corrected chi connectivity index (χ4v) is 2.15. The number of para-hydroxylation sites is 2. The monoisotopic (exact) mass is 254 g/mol. The molecule has 0 aliphatic rings. The lowest BCUT2D eigenvalue weighted by atomic mass is 10.2. The second-order valence-electron chi connectivity index (χ2n) is 4.30. The van der Waals surface area contributed by atoms with Gasteiger partial charge in [0.15, 0.2) is 0 Å². The van der Waals surface area contributed by atoms with E-state index < -0.39 is 5.82 Å². The van der Waals surface area contributed by atoms with Crippen LogP contribution in [0, 0.1) is 12.7 Å². The minimum Gasteiger partial charge on any atom is -0.268 e. The number of halogens is 1. The molecule has 0 amide bonds. The zero-order valence-corrected chi connectivity index (χ0v) is 10.3. The van der Waals surface area contributed by atoms with Crippen molar-refractivity contribution in [1.29, 1.82) is 0 Å². The summed E-state index contributed by atoms with van der Waals surface area (Å²) in [7, 11) is 0. The maximum atomic E-state index is 13.2. The van der Waals surface area contributed by atoms with E-state index in [0.717, 1.165) is 11.0 Å². The molecule has 0 radical (unpaired) electrons. The fraction of sp³-hybridized carbons (Fsp3) is 0.0667. The normalized spacial score (nSPS) is 10.8. The van der Waals surface area contributed by atoms with E-state index in [-0.39, 0.29) is 5.91 Å². The van der Waals surface area contributed by atoms with Crippen molar-refractivity contribution in [3.05, 3.63) is 65.7 Å². The van der Waals surface area contributed by atoms with E-state index in [1.54, 1.807) is 13.0 Å². The summed E-state index contributed by atoms with van der Waals surface area (Å²) < 4.78 is 14.7. The first-order valence-corrected chi connectivity index (χ1v) is 5.91. The molecule has 0 N–H and O–H groups in total. The first kappa shape index (κ1) is 11.6. The van der Waals surface area contributed by atoms with Crippen molar-refractivity contribution in [2.45, 2.75) is 6.92 Å². The van der Waals surface area contributed by atoms with Gasteiger partial charge in [-0.3, -0.25) is 9.36 Å². The first-order chi connectivity index (χ1) is 9.16. The van der Waals surface area contributed by atoms with Gasteiger partial charge >= 0.3 is 0 Å². The molecule has 4 heteroatoms. The topological polar surface area (TPSA) is 34.9 Å². The zero-order chi connectivity index (χ0) is 13.4. The largest absolute Gasteiger partial charge is 0.268 e. The summed E-state index contributed by atoms with van der Waals surface area (Å²) >= 11 is 0. The maximum Gasteiger partial charge on any atom is 0.263 e. The van der Waals surface area contributed by atoms with Crippen LogP contribution in [0.3, 0.4) is 0 Å². The van der Waals surface area contributed by atoms with Crippen LogP contribution in [0.5, 0.6) is 0 Å². The summed E-state index contributed by atoms with van der Waals surface area (Å²) in [6.45, 7) is 1.76. The Balaban J connectivity index is 2.19. The van der Waals surface area contributed by atoms with Crippen LogP contribution in [0.4, 0.5) is 4.39 Å². The molecule has 0 aliphatic carbocycles. The van der Waals surface area contributed by atoms with Gasteiger partial charge in [-0.15, -0.1) is 0 Å². The standard InChI is InChI=1S/C15H11FN2O/c1-10-17-13-7-2-3-8-14(13)18(10)15(19)11-5-4-6-12(16)9-11/h2-9H,1H3. The summed E-state index contributed by atoms with van der Waals surface area (Å²) in [5, 5.41) is 0. The predicted octanol–water partition coefficient (Wildman–Crippen LogP) is 3.17. The van der Waals surface area contributed by atoms with Crippen LogP contribution >= 0.6 is 0 Å². The minimum absolute atomic E-state index is 0.272. The van der Waals surface area contributed by atoms with Gasteiger partial charge in [0, 0.05) is 5.56 Å². The SMILES string of the molecule is Cc1nc2ccccc2n1C(=O)c1cccc(F)c1. The van der Waals surface area contributed by atoms with Crippen LogP contribution in [0.25, 0.3) is 11.0 Å². The molecule has 0 fully saturated rings. The lowest BCUT2D eigenvalue weighted by Crippen LogP contribution is -2.13. The third kappa shape index (κ3) is 1.91. The van der Waals surface area contributed by atoms with E-state index in [0.29, 0.717) is 11.4 Å². The van der Waals surface area contributed by atoms with Crippen LogP contribution in [0.1, 0.15) is 16.2 Å². The van der Waals surface area contributed by atoms with E-state index in [4.69, 9.17) is 0 Å². The van der Waals surface area contributed by atoms with Crippen molar-refractivity contribution >= 4 is 16.9 Å². The Morgan fingerprint density at radius 3 is 2.74 bits per heavy atom. The Hall–Kier alpha value is -2.49. The molecular weight excluding hydrogens is 243 g/mol. The first-order valence-electron chi connectivity index (χ1n) is 5.91. The smallest absolute Gasteiger partial charge is 0.263 e. The van der Waals surface area contributed by atoms with Gasteiger partial charge in [0.2, 0.25) is 0 Å². The molecule has 1 heterocycles. The van der Waals surface area contributed by atoms with E-state index in [2.05, 4.69) is 4.98 Å². The highest BCUT2D eigenvalue weighted by Gasteiger charge is 2.15. The number of rotatable bonds is 1. The summed E-state index contributed by atoms with van der Waals surface area (Å²) in [5.41, 5.74) is 1.80. The summed E-state index contributed by atoms with van der Waals surface area (Å²) in [5.74, 6) is -0.103. The molecule has 94 valence electrons. The highest BCUT2D eigenvalue weighted by atomic mass is 19.1. The number of imidazole rings is 1. The predicted molar refractivity (Wildman–Crippen MR) is 70.6 cm³/mol. The highest BCUT2D eigenvalue weighted by molar-refractivity contribution is 6.01. The minimum atomic E-state index is -0.423. The van der Waals surface area contributed by atoms with E-state index in [9.17, 15) is 9.18 Å². The Bertz CT molecular complexity index is 777. The van der Waals surface area contributed by atoms with Gasteiger partial charge in [-0.1, -0.05) is 18.2 Å². The Labute approximate surface area is 109 Å². The van der Waals surface area contributed by atoms with Gasteiger partial charge in [-0.25, -0.2) is 9.37 Å². The number of hydrogen-bond donors (Lipinski definition) is 0. The number of carbonyl (C=O) groups excluding carboxylic acids is 1.